The molecule has 2 aliphatic rings. The monoisotopic (exact) mass is 261 g/mol. The van der Waals surface area contributed by atoms with E-state index in [9.17, 15) is 9.59 Å². The fraction of sp³-hybridized carbons (Fsp3) is 0.385. The molecule has 1 aromatic rings. The van der Waals surface area contributed by atoms with Gasteiger partial charge >= 0.3 is 0 Å². The van der Waals surface area contributed by atoms with Crippen LogP contribution in [-0.4, -0.2) is 31.0 Å². The lowest BCUT2D eigenvalue weighted by Gasteiger charge is -2.29. The molecule has 3 N–H and O–H groups in total. The van der Waals surface area contributed by atoms with E-state index in [1.54, 1.807) is 18.2 Å². The Kier molecular flexibility index (Phi) is 2.77. The van der Waals surface area contributed by atoms with Crippen molar-refractivity contribution in [1.82, 2.24) is 5.32 Å². The highest BCUT2D eigenvalue weighted by Gasteiger charge is 2.29. The van der Waals surface area contributed by atoms with Gasteiger partial charge in [0.1, 0.15) is 12.3 Å². The number of amides is 2. The van der Waals surface area contributed by atoms with E-state index >= 15 is 0 Å². The summed E-state index contributed by atoms with van der Waals surface area (Å²) < 4.78 is 5.32. The van der Waals surface area contributed by atoms with Gasteiger partial charge in [-0.15, -0.1) is 0 Å². The van der Waals surface area contributed by atoms with Crippen molar-refractivity contribution in [3.8, 4) is 5.75 Å². The molecular formula is C13H15N3O3. The largest absolute Gasteiger partial charge is 0.482 e. The lowest BCUT2D eigenvalue weighted by Crippen LogP contribution is -2.45. The SMILES string of the molecule is Nc1ccc2c(c1)N(CC(=O)NC1CC1)C(=O)CO2. The summed E-state index contributed by atoms with van der Waals surface area (Å²) >= 11 is 0. The molecule has 100 valence electrons. The summed E-state index contributed by atoms with van der Waals surface area (Å²) in [5.74, 6) is 0.197. The van der Waals surface area contributed by atoms with Crippen molar-refractivity contribution in [2.24, 2.45) is 0 Å². The Labute approximate surface area is 110 Å². The molecule has 6 heteroatoms. The summed E-state index contributed by atoms with van der Waals surface area (Å²) in [4.78, 5) is 25.1. The number of ether oxygens (including phenoxy) is 1. The molecule has 0 spiro atoms. The van der Waals surface area contributed by atoms with Crippen LogP contribution in [0.3, 0.4) is 0 Å². The minimum Gasteiger partial charge on any atom is -0.482 e. The van der Waals surface area contributed by atoms with Crippen LogP contribution in [0.2, 0.25) is 0 Å². The number of nitrogens with zero attached hydrogens (tertiary/aromatic N) is 1. The molecule has 0 atom stereocenters. The molecule has 6 nitrogen and oxygen atoms in total. The second-order valence-corrected chi connectivity index (χ2v) is 4.84. The molecule has 0 aromatic heterocycles. The molecule has 1 saturated carbocycles. The van der Waals surface area contributed by atoms with Crippen LogP contribution in [-0.2, 0) is 9.59 Å². The molecule has 0 radical (unpaired) electrons. The molecule has 0 bridgehead atoms. The topological polar surface area (TPSA) is 84.7 Å². The first kappa shape index (κ1) is 11.8. The Morgan fingerprint density at radius 2 is 2.26 bits per heavy atom. The van der Waals surface area contributed by atoms with Gasteiger partial charge in [-0.05, 0) is 31.0 Å². The van der Waals surface area contributed by atoms with Crippen molar-refractivity contribution in [3.05, 3.63) is 18.2 Å². The number of carbonyl (C=O) groups is 2. The molecule has 0 unspecified atom stereocenters. The van der Waals surface area contributed by atoms with Crippen LogP contribution in [0.25, 0.3) is 0 Å². The van der Waals surface area contributed by atoms with Crippen molar-refractivity contribution >= 4 is 23.2 Å². The van der Waals surface area contributed by atoms with Crippen LogP contribution >= 0.6 is 0 Å². The first-order chi connectivity index (χ1) is 9.13. The normalized spacial score (nSPS) is 17.7. The molecular weight excluding hydrogens is 246 g/mol. The molecule has 1 heterocycles. The maximum absolute atomic E-state index is 11.9. The van der Waals surface area contributed by atoms with Crippen LogP contribution < -0.4 is 20.7 Å². The summed E-state index contributed by atoms with van der Waals surface area (Å²) in [6.07, 6.45) is 2.04. The Balaban J connectivity index is 1.81. The Morgan fingerprint density at radius 3 is 3.00 bits per heavy atom. The second kappa shape index (κ2) is 4.46. The number of rotatable bonds is 3. The van der Waals surface area contributed by atoms with Gasteiger partial charge in [-0.3, -0.25) is 14.5 Å². The smallest absolute Gasteiger partial charge is 0.265 e. The summed E-state index contributed by atoms with van der Waals surface area (Å²) in [7, 11) is 0. The quantitative estimate of drug-likeness (QED) is 0.765. The predicted molar refractivity (Wildman–Crippen MR) is 69.9 cm³/mol. The number of nitrogen functional groups attached to an aromatic ring is 1. The summed E-state index contributed by atoms with van der Waals surface area (Å²) in [5, 5.41) is 2.86. The van der Waals surface area contributed by atoms with Gasteiger partial charge in [-0.25, -0.2) is 0 Å². The van der Waals surface area contributed by atoms with Gasteiger partial charge in [0.15, 0.2) is 6.61 Å². The molecule has 1 aliphatic heterocycles. The van der Waals surface area contributed by atoms with Crippen LogP contribution in [0.5, 0.6) is 5.75 Å². The number of nitrogens with one attached hydrogen (secondary N) is 1. The van der Waals surface area contributed by atoms with Crippen LogP contribution in [0, 0.1) is 0 Å². The van der Waals surface area contributed by atoms with E-state index in [1.165, 1.54) is 4.90 Å². The van der Waals surface area contributed by atoms with Crippen molar-refractivity contribution in [2.45, 2.75) is 18.9 Å². The van der Waals surface area contributed by atoms with Gasteiger partial charge in [0, 0.05) is 11.7 Å². The maximum atomic E-state index is 11.9. The van der Waals surface area contributed by atoms with E-state index in [1.807, 2.05) is 0 Å². The summed E-state index contributed by atoms with van der Waals surface area (Å²) in [6, 6.07) is 5.35. The Hall–Kier alpha value is -2.24. The lowest BCUT2D eigenvalue weighted by atomic mass is 10.2. The number of fused-ring (bicyclic) bond motifs is 1. The van der Waals surface area contributed by atoms with E-state index in [-0.39, 0.29) is 31.0 Å². The van der Waals surface area contributed by atoms with E-state index in [2.05, 4.69) is 5.32 Å². The van der Waals surface area contributed by atoms with E-state index in [0.29, 0.717) is 17.1 Å². The molecule has 3 rings (SSSR count). The average molecular weight is 261 g/mol. The number of anilines is 2. The van der Waals surface area contributed by atoms with E-state index in [0.717, 1.165) is 12.8 Å². The van der Waals surface area contributed by atoms with Gasteiger partial charge in [0.05, 0.1) is 5.69 Å². The van der Waals surface area contributed by atoms with Crippen LogP contribution in [0.15, 0.2) is 18.2 Å². The number of hydrogen-bond donors (Lipinski definition) is 2. The fourth-order valence-corrected chi connectivity index (χ4v) is 2.04. The number of carbonyl (C=O) groups excluding carboxylic acids is 2. The molecule has 1 aliphatic carbocycles. The van der Waals surface area contributed by atoms with Gasteiger partial charge in [0.25, 0.3) is 5.91 Å². The summed E-state index contributed by atoms with van der Waals surface area (Å²) in [5.41, 5.74) is 6.81. The number of benzene rings is 1. The van der Waals surface area contributed by atoms with E-state index in [4.69, 9.17) is 10.5 Å². The lowest BCUT2D eigenvalue weighted by molar-refractivity contribution is -0.125. The van der Waals surface area contributed by atoms with E-state index < -0.39 is 0 Å². The minimum atomic E-state index is -0.232. The van der Waals surface area contributed by atoms with Crippen molar-refractivity contribution in [2.75, 3.05) is 23.8 Å². The standard InChI is InChI=1S/C13H15N3O3/c14-8-1-4-11-10(5-8)16(13(18)7-19-11)6-12(17)15-9-2-3-9/h1,4-5,9H,2-3,6-7,14H2,(H,15,17). The zero-order chi connectivity index (χ0) is 13.4. The van der Waals surface area contributed by atoms with Crippen molar-refractivity contribution in [3.63, 3.8) is 0 Å². The zero-order valence-electron chi connectivity index (χ0n) is 10.4. The third-order valence-corrected chi connectivity index (χ3v) is 3.17. The minimum absolute atomic E-state index is 0.00907. The highest BCUT2D eigenvalue weighted by atomic mass is 16.5. The van der Waals surface area contributed by atoms with Gasteiger partial charge in [0.2, 0.25) is 5.91 Å². The Morgan fingerprint density at radius 1 is 1.47 bits per heavy atom. The first-order valence-corrected chi connectivity index (χ1v) is 6.25. The molecule has 1 aromatic carbocycles. The van der Waals surface area contributed by atoms with Crippen molar-refractivity contribution < 1.29 is 14.3 Å². The van der Waals surface area contributed by atoms with Gasteiger partial charge in [-0.1, -0.05) is 0 Å². The van der Waals surface area contributed by atoms with Crippen LogP contribution in [0.1, 0.15) is 12.8 Å². The molecule has 2 amide bonds. The fourth-order valence-electron chi connectivity index (χ4n) is 2.04. The summed E-state index contributed by atoms with van der Waals surface area (Å²) in [6.45, 7) is -0.0389. The Bertz CT molecular complexity index is 540. The second-order valence-electron chi connectivity index (χ2n) is 4.84. The molecule has 1 fully saturated rings. The number of hydrogen-bond acceptors (Lipinski definition) is 4. The van der Waals surface area contributed by atoms with Gasteiger partial charge < -0.3 is 15.8 Å². The molecule has 0 saturated heterocycles. The third kappa shape index (κ3) is 2.47. The van der Waals surface area contributed by atoms with Crippen LogP contribution in [0.4, 0.5) is 11.4 Å². The highest BCUT2D eigenvalue weighted by Crippen LogP contribution is 2.33. The predicted octanol–water partition coefficient (Wildman–Crippen LogP) is 0.273. The molecule has 19 heavy (non-hydrogen) atoms. The highest BCUT2D eigenvalue weighted by molar-refractivity contribution is 6.02. The zero-order valence-corrected chi connectivity index (χ0v) is 10.4. The number of nitrogens with two attached hydrogens (primary N) is 1. The average Bonchev–Trinajstić information content (AvgIpc) is 3.17. The maximum Gasteiger partial charge on any atom is 0.265 e. The third-order valence-electron chi connectivity index (χ3n) is 3.17. The van der Waals surface area contributed by atoms with Gasteiger partial charge in [-0.2, -0.15) is 0 Å². The first-order valence-electron chi connectivity index (χ1n) is 6.25. The van der Waals surface area contributed by atoms with Crippen molar-refractivity contribution in [1.29, 1.82) is 0 Å².